The van der Waals surface area contributed by atoms with Crippen LogP contribution in [0.4, 0.5) is 0 Å². The Labute approximate surface area is 190 Å². The van der Waals surface area contributed by atoms with Crippen LogP contribution in [0, 0.1) is 0 Å². The number of nitrogens with one attached hydrogen (secondary N) is 1. The van der Waals surface area contributed by atoms with Crippen LogP contribution in [0.15, 0.2) is 48.5 Å². The van der Waals surface area contributed by atoms with Crippen molar-refractivity contribution < 1.29 is 17.9 Å². The van der Waals surface area contributed by atoms with Crippen LogP contribution >= 0.6 is 0 Å². The summed E-state index contributed by atoms with van der Waals surface area (Å²) in [6.07, 6.45) is 2.57. The average Bonchev–Trinajstić information content (AvgIpc) is 3.32. The van der Waals surface area contributed by atoms with Crippen molar-refractivity contribution >= 4 is 15.9 Å². The van der Waals surface area contributed by atoms with Crippen molar-refractivity contribution in [2.24, 2.45) is 0 Å². The van der Waals surface area contributed by atoms with E-state index in [9.17, 15) is 13.2 Å². The molecule has 0 radical (unpaired) electrons. The van der Waals surface area contributed by atoms with E-state index in [0.29, 0.717) is 44.0 Å². The van der Waals surface area contributed by atoms with Crippen LogP contribution in [0.1, 0.15) is 39.9 Å². The van der Waals surface area contributed by atoms with Gasteiger partial charge in [0.25, 0.3) is 5.91 Å². The SMILES string of the molecule is O=C(NCc1ccc(CN2CCCC2)cc1)c1ccc(CS(=O)(=O)N2CCOCC2)cc1. The zero-order valence-corrected chi connectivity index (χ0v) is 19.1. The summed E-state index contributed by atoms with van der Waals surface area (Å²) in [5.74, 6) is -0.243. The van der Waals surface area contributed by atoms with Gasteiger partial charge >= 0.3 is 0 Å². The summed E-state index contributed by atoms with van der Waals surface area (Å²) in [4.78, 5) is 15.0. The second kappa shape index (κ2) is 10.6. The fraction of sp³-hybridized carbons (Fsp3) is 0.458. The number of sulfonamides is 1. The van der Waals surface area contributed by atoms with Gasteiger partial charge in [-0.15, -0.1) is 0 Å². The summed E-state index contributed by atoms with van der Waals surface area (Å²) < 4.78 is 31.8. The van der Waals surface area contributed by atoms with Crippen LogP contribution in [-0.4, -0.2) is 62.9 Å². The average molecular weight is 458 g/mol. The molecule has 2 aliphatic rings. The highest BCUT2D eigenvalue weighted by Gasteiger charge is 2.24. The Bertz CT molecular complexity index is 995. The van der Waals surface area contributed by atoms with E-state index in [-0.39, 0.29) is 11.7 Å². The van der Waals surface area contributed by atoms with Crippen LogP contribution in [0.25, 0.3) is 0 Å². The molecule has 1 N–H and O–H groups in total. The lowest BCUT2D eigenvalue weighted by Crippen LogP contribution is -2.41. The molecule has 8 heteroatoms. The van der Waals surface area contributed by atoms with Gasteiger partial charge in [-0.3, -0.25) is 9.69 Å². The van der Waals surface area contributed by atoms with Gasteiger partial charge in [0.2, 0.25) is 10.0 Å². The normalized spacial score (nSPS) is 18.0. The van der Waals surface area contributed by atoms with Gasteiger partial charge < -0.3 is 10.1 Å². The molecule has 172 valence electrons. The van der Waals surface area contributed by atoms with Gasteiger partial charge in [-0.1, -0.05) is 36.4 Å². The first-order chi connectivity index (χ1) is 15.5. The molecule has 7 nitrogen and oxygen atoms in total. The third kappa shape index (κ3) is 6.16. The largest absolute Gasteiger partial charge is 0.379 e. The minimum absolute atomic E-state index is 0.0708. The lowest BCUT2D eigenvalue weighted by molar-refractivity contribution is 0.0729. The predicted molar refractivity (Wildman–Crippen MR) is 124 cm³/mol. The number of morpholine rings is 1. The number of rotatable bonds is 8. The summed E-state index contributed by atoms with van der Waals surface area (Å²) >= 11 is 0. The van der Waals surface area contributed by atoms with E-state index in [1.807, 2.05) is 0 Å². The molecule has 0 bridgehead atoms. The Morgan fingerprint density at radius 3 is 2.09 bits per heavy atom. The van der Waals surface area contributed by atoms with Gasteiger partial charge in [-0.2, -0.15) is 4.31 Å². The number of hydrogen-bond donors (Lipinski definition) is 1. The number of ether oxygens (including phenoxy) is 1. The lowest BCUT2D eigenvalue weighted by atomic mass is 10.1. The van der Waals surface area contributed by atoms with Crippen molar-refractivity contribution in [1.29, 1.82) is 0 Å². The molecule has 0 aliphatic carbocycles. The molecule has 0 spiro atoms. The van der Waals surface area contributed by atoms with E-state index in [4.69, 9.17) is 4.74 Å². The quantitative estimate of drug-likeness (QED) is 0.659. The third-order valence-corrected chi connectivity index (χ3v) is 7.86. The molecule has 32 heavy (non-hydrogen) atoms. The third-order valence-electron chi connectivity index (χ3n) is 6.01. The van der Waals surface area contributed by atoms with E-state index >= 15 is 0 Å². The standard InChI is InChI=1S/C24H31N3O4S/c28-24(25-17-20-3-5-21(6-4-20)18-26-11-1-2-12-26)23-9-7-22(8-10-23)19-32(29,30)27-13-15-31-16-14-27/h3-10H,1-2,11-19H2,(H,25,28). The summed E-state index contributed by atoms with van der Waals surface area (Å²) in [6.45, 7) is 5.44. The number of nitrogens with zero attached hydrogens (tertiary/aromatic N) is 2. The van der Waals surface area contributed by atoms with E-state index < -0.39 is 10.0 Å². The minimum atomic E-state index is -3.38. The maximum Gasteiger partial charge on any atom is 0.251 e. The van der Waals surface area contributed by atoms with Gasteiger partial charge in [0.15, 0.2) is 0 Å². The molecular weight excluding hydrogens is 426 g/mol. The van der Waals surface area contributed by atoms with Gasteiger partial charge in [-0.05, 0) is 54.8 Å². The summed E-state index contributed by atoms with van der Waals surface area (Å²) in [7, 11) is -3.38. The molecule has 2 aliphatic heterocycles. The fourth-order valence-electron chi connectivity index (χ4n) is 4.12. The van der Waals surface area contributed by atoms with Crippen molar-refractivity contribution in [3.63, 3.8) is 0 Å². The van der Waals surface area contributed by atoms with E-state index in [0.717, 1.165) is 12.1 Å². The number of carbonyl (C=O) groups is 1. The Kier molecular flexibility index (Phi) is 7.57. The monoisotopic (exact) mass is 457 g/mol. The lowest BCUT2D eigenvalue weighted by Gasteiger charge is -2.26. The van der Waals surface area contributed by atoms with Gasteiger partial charge in [0, 0.05) is 31.7 Å². The Morgan fingerprint density at radius 1 is 0.844 bits per heavy atom. The molecule has 4 rings (SSSR count). The van der Waals surface area contributed by atoms with Crippen LogP contribution in [0.3, 0.4) is 0 Å². The zero-order chi connectivity index (χ0) is 22.4. The summed E-state index contributed by atoms with van der Waals surface area (Å²) in [6, 6.07) is 15.2. The van der Waals surface area contributed by atoms with Crippen molar-refractivity contribution in [1.82, 2.24) is 14.5 Å². The Balaban J connectivity index is 1.27. The number of hydrogen-bond acceptors (Lipinski definition) is 5. The Morgan fingerprint density at radius 2 is 1.44 bits per heavy atom. The molecule has 0 aromatic heterocycles. The molecule has 1 amide bonds. The minimum Gasteiger partial charge on any atom is -0.379 e. The molecule has 2 saturated heterocycles. The van der Waals surface area contributed by atoms with Crippen LogP contribution in [0.2, 0.25) is 0 Å². The van der Waals surface area contributed by atoms with Gasteiger partial charge in [0.05, 0.1) is 19.0 Å². The highest BCUT2D eigenvalue weighted by molar-refractivity contribution is 7.88. The van der Waals surface area contributed by atoms with E-state index in [2.05, 4.69) is 34.5 Å². The molecule has 2 fully saturated rings. The van der Waals surface area contributed by atoms with Crippen LogP contribution in [0.5, 0.6) is 0 Å². The fourth-order valence-corrected chi connectivity index (χ4v) is 5.63. The first kappa shape index (κ1) is 22.9. The molecule has 2 aromatic rings. The molecular formula is C24H31N3O4S. The highest BCUT2D eigenvalue weighted by Crippen LogP contribution is 2.15. The van der Waals surface area contributed by atoms with Crippen molar-refractivity contribution in [2.75, 3.05) is 39.4 Å². The van der Waals surface area contributed by atoms with E-state index in [1.165, 1.54) is 35.8 Å². The predicted octanol–water partition coefficient (Wildman–Crippen LogP) is 2.37. The summed E-state index contributed by atoms with van der Waals surface area (Å²) in [5.41, 5.74) is 3.53. The number of benzene rings is 2. The number of likely N-dealkylation sites (tertiary alicyclic amines) is 1. The van der Waals surface area contributed by atoms with Crippen LogP contribution in [-0.2, 0) is 33.6 Å². The van der Waals surface area contributed by atoms with Crippen LogP contribution < -0.4 is 5.32 Å². The van der Waals surface area contributed by atoms with Crippen molar-refractivity contribution in [3.8, 4) is 0 Å². The second-order valence-corrected chi connectivity index (χ2v) is 10.4. The highest BCUT2D eigenvalue weighted by atomic mass is 32.2. The molecule has 0 unspecified atom stereocenters. The first-order valence-corrected chi connectivity index (χ1v) is 12.8. The number of amides is 1. The van der Waals surface area contributed by atoms with Crippen molar-refractivity contribution in [3.05, 3.63) is 70.8 Å². The van der Waals surface area contributed by atoms with Gasteiger partial charge in [-0.25, -0.2) is 8.42 Å². The molecule has 0 saturated carbocycles. The second-order valence-electron chi connectivity index (χ2n) is 8.45. The van der Waals surface area contributed by atoms with Gasteiger partial charge in [0.1, 0.15) is 0 Å². The van der Waals surface area contributed by atoms with Crippen molar-refractivity contribution in [2.45, 2.75) is 31.7 Å². The van der Waals surface area contributed by atoms with E-state index in [1.54, 1.807) is 24.3 Å². The topological polar surface area (TPSA) is 79.0 Å². The zero-order valence-electron chi connectivity index (χ0n) is 18.3. The number of carbonyl (C=O) groups excluding carboxylic acids is 1. The molecule has 2 aromatic carbocycles. The first-order valence-electron chi connectivity index (χ1n) is 11.2. The maximum absolute atomic E-state index is 12.5. The molecule has 2 heterocycles. The Hall–Kier alpha value is -2.26. The maximum atomic E-state index is 12.5. The summed E-state index contributed by atoms with van der Waals surface area (Å²) in [5, 5.41) is 2.94. The molecule has 0 atom stereocenters. The smallest absolute Gasteiger partial charge is 0.251 e.